The summed E-state index contributed by atoms with van der Waals surface area (Å²) in [7, 11) is 0. The monoisotopic (exact) mass is 262 g/mol. The van der Waals surface area contributed by atoms with Crippen molar-refractivity contribution in [1.29, 1.82) is 0 Å². The van der Waals surface area contributed by atoms with Crippen LogP contribution in [0.1, 0.15) is 12.0 Å². The van der Waals surface area contributed by atoms with Crippen LogP contribution in [0.4, 0.5) is 0 Å². The highest BCUT2D eigenvalue weighted by Crippen LogP contribution is 2.00. The van der Waals surface area contributed by atoms with E-state index >= 15 is 0 Å². The number of hydrogen-bond donors (Lipinski definition) is 2. The van der Waals surface area contributed by atoms with Crippen molar-refractivity contribution in [3.8, 4) is 0 Å². The third-order valence-corrected chi connectivity index (χ3v) is 2.47. The van der Waals surface area contributed by atoms with Gasteiger partial charge in [0.2, 0.25) is 5.91 Å². The van der Waals surface area contributed by atoms with Crippen molar-refractivity contribution in [1.82, 2.24) is 10.6 Å². The van der Waals surface area contributed by atoms with E-state index in [2.05, 4.69) is 17.2 Å². The van der Waals surface area contributed by atoms with E-state index in [0.717, 1.165) is 6.42 Å². The van der Waals surface area contributed by atoms with E-state index in [9.17, 15) is 4.79 Å². The number of ether oxygens (including phenoxy) is 1. The molecule has 2 N–H and O–H groups in total. The quantitative estimate of drug-likeness (QED) is 0.496. The summed E-state index contributed by atoms with van der Waals surface area (Å²) < 4.78 is 5.52. The maximum atomic E-state index is 11.3. The van der Waals surface area contributed by atoms with Gasteiger partial charge in [-0.1, -0.05) is 36.4 Å². The number of carbonyl (C=O) groups excluding carboxylic acids is 1. The number of carbonyl (C=O) groups is 1. The lowest BCUT2D eigenvalue weighted by Crippen LogP contribution is -2.34. The van der Waals surface area contributed by atoms with Crippen LogP contribution in [0.2, 0.25) is 0 Å². The molecule has 0 aromatic heterocycles. The highest BCUT2D eigenvalue weighted by atomic mass is 16.5. The highest BCUT2D eigenvalue weighted by Gasteiger charge is 1.98. The summed E-state index contributed by atoms with van der Waals surface area (Å²) >= 11 is 0. The lowest BCUT2D eigenvalue weighted by Gasteiger charge is -2.06. The van der Waals surface area contributed by atoms with Crippen LogP contribution in [0.5, 0.6) is 0 Å². The fourth-order valence-corrected chi connectivity index (χ4v) is 1.52. The van der Waals surface area contributed by atoms with Crippen LogP contribution in [0.15, 0.2) is 43.0 Å². The Kier molecular flexibility index (Phi) is 8.34. The first-order valence-electron chi connectivity index (χ1n) is 6.53. The number of hydrogen-bond acceptors (Lipinski definition) is 3. The minimum absolute atomic E-state index is 0.00455. The number of benzene rings is 1. The number of rotatable bonds is 10. The molecule has 0 aliphatic heterocycles. The zero-order valence-corrected chi connectivity index (χ0v) is 11.2. The molecule has 0 fully saturated rings. The van der Waals surface area contributed by atoms with Gasteiger partial charge in [-0.3, -0.25) is 4.79 Å². The Balaban J connectivity index is 1.93. The second kappa shape index (κ2) is 10.3. The van der Waals surface area contributed by atoms with Crippen LogP contribution in [0.3, 0.4) is 0 Å². The van der Waals surface area contributed by atoms with Crippen molar-refractivity contribution < 1.29 is 9.53 Å². The van der Waals surface area contributed by atoms with Gasteiger partial charge in [0, 0.05) is 19.7 Å². The SMILES string of the molecule is C=CCNCC(=O)NCCCOCc1ccccc1. The molecule has 0 aliphatic rings. The van der Waals surface area contributed by atoms with Crippen LogP contribution >= 0.6 is 0 Å². The molecule has 4 heteroatoms. The maximum Gasteiger partial charge on any atom is 0.233 e. The van der Waals surface area contributed by atoms with Crippen LogP contribution in [-0.2, 0) is 16.1 Å². The zero-order valence-electron chi connectivity index (χ0n) is 11.2. The molecule has 0 bridgehead atoms. The lowest BCUT2D eigenvalue weighted by atomic mass is 10.2. The van der Waals surface area contributed by atoms with E-state index < -0.39 is 0 Å². The van der Waals surface area contributed by atoms with Gasteiger partial charge in [-0.15, -0.1) is 6.58 Å². The third-order valence-electron chi connectivity index (χ3n) is 2.47. The molecule has 0 aliphatic carbocycles. The molecule has 1 rings (SSSR count). The standard InChI is InChI=1S/C15H22N2O2/c1-2-9-16-12-15(18)17-10-6-11-19-13-14-7-4-3-5-8-14/h2-5,7-8,16H,1,6,9-13H2,(H,17,18). The largest absolute Gasteiger partial charge is 0.377 e. The first-order chi connectivity index (χ1) is 9.33. The van der Waals surface area contributed by atoms with Gasteiger partial charge in [0.15, 0.2) is 0 Å². The van der Waals surface area contributed by atoms with E-state index in [0.29, 0.717) is 32.8 Å². The van der Waals surface area contributed by atoms with Gasteiger partial charge in [-0.05, 0) is 12.0 Å². The van der Waals surface area contributed by atoms with Crippen LogP contribution in [0.25, 0.3) is 0 Å². The molecule has 19 heavy (non-hydrogen) atoms. The molecule has 0 saturated heterocycles. The first-order valence-corrected chi connectivity index (χ1v) is 6.53. The molecule has 0 heterocycles. The normalized spacial score (nSPS) is 10.1. The van der Waals surface area contributed by atoms with Crippen molar-refractivity contribution in [2.75, 3.05) is 26.2 Å². The fraction of sp³-hybridized carbons (Fsp3) is 0.400. The average Bonchev–Trinajstić information content (AvgIpc) is 2.44. The molecule has 1 aromatic rings. The van der Waals surface area contributed by atoms with Gasteiger partial charge in [0.05, 0.1) is 13.2 Å². The second-order valence-electron chi connectivity index (χ2n) is 4.16. The van der Waals surface area contributed by atoms with Crippen molar-refractivity contribution in [3.05, 3.63) is 48.6 Å². The first kappa shape index (κ1) is 15.4. The molecular weight excluding hydrogens is 240 g/mol. The predicted molar refractivity (Wildman–Crippen MR) is 76.8 cm³/mol. The minimum atomic E-state index is 0.00455. The predicted octanol–water partition coefficient (Wildman–Crippen LogP) is 1.49. The van der Waals surface area contributed by atoms with E-state index in [4.69, 9.17) is 4.74 Å². The van der Waals surface area contributed by atoms with E-state index in [1.807, 2.05) is 30.3 Å². The minimum Gasteiger partial charge on any atom is -0.377 e. The van der Waals surface area contributed by atoms with E-state index in [1.165, 1.54) is 5.56 Å². The molecule has 4 nitrogen and oxygen atoms in total. The van der Waals surface area contributed by atoms with Crippen molar-refractivity contribution in [2.45, 2.75) is 13.0 Å². The molecule has 0 saturated carbocycles. The number of amides is 1. The number of nitrogens with one attached hydrogen (secondary N) is 2. The van der Waals surface area contributed by atoms with Gasteiger partial charge in [-0.25, -0.2) is 0 Å². The summed E-state index contributed by atoms with van der Waals surface area (Å²) in [6.07, 6.45) is 2.55. The maximum absolute atomic E-state index is 11.3. The molecular formula is C15H22N2O2. The Morgan fingerprint density at radius 2 is 2.11 bits per heavy atom. The highest BCUT2D eigenvalue weighted by molar-refractivity contribution is 5.77. The smallest absolute Gasteiger partial charge is 0.233 e. The zero-order chi connectivity index (χ0) is 13.8. The topological polar surface area (TPSA) is 50.4 Å². The van der Waals surface area contributed by atoms with E-state index in [1.54, 1.807) is 6.08 Å². The second-order valence-corrected chi connectivity index (χ2v) is 4.16. The summed E-state index contributed by atoms with van der Waals surface area (Å²) in [4.78, 5) is 11.3. The summed E-state index contributed by atoms with van der Waals surface area (Å²) in [5.41, 5.74) is 1.17. The molecule has 0 radical (unpaired) electrons. The molecule has 0 atom stereocenters. The van der Waals surface area contributed by atoms with Crippen molar-refractivity contribution in [3.63, 3.8) is 0 Å². The Morgan fingerprint density at radius 3 is 2.84 bits per heavy atom. The van der Waals surface area contributed by atoms with Gasteiger partial charge in [0.25, 0.3) is 0 Å². The molecule has 0 unspecified atom stereocenters. The average molecular weight is 262 g/mol. The Hall–Kier alpha value is -1.65. The Morgan fingerprint density at radius 1 is 1.32 bits per heavy atom. The van der Waals surface area contributed by atoms with E-state index in [-0.39, 0.29) is 5.91 Å². The summed E-state index contributed by atoms with van der Waals surface area (Å²) in [6.45, 7) is 6.46. The van der Waals surface area contributed by atoms with Crippen molar-refractivity contribution in [2.24, 2.45) is 0 Å². The van der Waals surface area contributed by atoms with Crippen molar-refractivity contribution >= 4 is 5.91 Å². The molecule has 104 valence electrons. The summed E-state index contributed by atoms with van der Waals surface area (Å²) in [5.74, 6) is 0.00455. The molecule has 1 aromatic carbocycles. The lowest BCUT2D eigenvalue weighted by molar-refractivity contribution is -0.120. The van der Waals surface area contributed by atoms with Gasteiger partial charge in [-0.2, -0.15) is 0 Å². The van der Waals surface area contributed by atoms with Crippen LogP contribution < -0.4 is 10.6 Å². The van der Waals surface area contributed by atoms with Crippen LogP contribution in [-0.4, -0.2) is 32.1 Å². The molecule has 1 amide bonds. The van der Waals surface area contributed by atoms with Crippen LogP contribution in [0, 0.1) is 0 Å². The third kappa shape index (κ3) is 8.13. The van der Waals surface area contributed by atoms with Gasteiger partial charge < -0.3 is 15.4 Å². The Bertz CT molecular complexity index is 366. The van der Waals surface area contributed by atoms with Gasteiger partial charge >= 0.3 is 0 Å². The summed E-state index contributed by atoms with van der Waals surface area (Å²) in [6, 6.07) is 10.0. The Labute approximate surface area is 114 Å². The summed E-state index contributed by atoms with van der Waals surface area (Å²) in [5, 5.41) is 5.77. The molecule has 0 spiro atoms. The van der Waals surface area contributed by atoms with Gasteiger partial charge in [0.1, 0.15) is 0 Å². The fourth-order valence-electron chi connectivity index (χ4n) is 1.52.